The molecule has 1 aromatic rings. The third kappa shape index (κ3) is 4.08. The molecule has 1 fully saturated rings. The van der Waals surface area contributed by atoms with Crippen molar-refractivity contribution in [2.45, 2.75) is 11.3 Å². The summed E-state index contributed by atoms with van der Waals surface area (Å²) in [6.45, 7) is 0.240. The maximum absolute atomic E-state index is 12.5. The summed E-state index contributed by atoms with van der Waals surface area (Å²) >= 11 is 0. The number of nitrogens with two attached hydrogens (primary N) is 2. The Morgan fingerprint density at radius 1 is 1.50 bits per heavy atom. The van der Waals surface area contributed by atoms with Gasteiger partial charge in [-0.2, -0.15) is 4.31 Å². The average Bonchev–Trinajstić information content (AvgIpc) is 3.07. The van der Waals surface area contributed by atoms with Crippen molar-refractivity contribution in [1.29, 1.82) is 0 Å². The molecule has 0 spiro atoms. The number of amides is 1. The largest absolute Gasteiger partial charge is 0.473 e. The first kappa shape index (κ1) is 18.3. The lowest BCUT2D eigenvalue weighted by Crippen LogP contribution is -2.31. The van der Waals surface area contributed by atoms with E-state index in [1.54, 1.807) is 0 Å². The first-order valence-electron chi connectivity index (χ1n) is 7.25. The molecule has 8 nitrogen and oxygen atoms in total. The van der Waals surface area contributed by atoms with Crippen LogP contribution < -0.4 is 16.2 Å². The van der Waals surface area contributed by atoms with Gasteiger partial charge in [0.1, 0.15) is 11.5 Å². The Kier molecular flexibility index (Phi) is 5.86. The SMILES string of the molecule is NC/C(=C\F)COc1ccc(S(=O)(=O)N2CC[C@H](C(N)=O)C2)cn1. The van der Waals surface area contributed by atoms with Crippen LogP contribution in [-0.2, 0) is 14.8 Å². The average molecular weight is 358 g/mol. The van der Waals surface area contributed by atoms with E-state index in [4.69, 9.17) is 16.2 Å². The molecule has 1 saturated heterocycles. The first-order chi connectivity index (χ1) is 11.4. The second-order valence-corrected chi connectivity index (χ2v) is 7.28. The number of rotatable bonds is 7. The Morgan fingerprint density at radius 2 is 2.25 bits per heavy atom. The summed E-state index contributed by atoms with van der Waals surface area (Å²) in [6, 6.07) is 2.72. The molecule has 10 heteroatoms. The summed E-state index contributed by atoms with van der Waals surface area (Å²) in [5.41, 5.74) is 10.8. The van der Waals surface area contributed by atoms with E-state index in [2.05, 4.69) is 4.98 Å². The number of carbonyl (C=O) groups excluding carboxylic acids is 1. The molecule has 2 rings (SSSR count). The maximum Gasteiger partial charge on any atom is 0.244 e. The van der Waals surface area contributed by atoms with E-state index in [0.29, 0.717) is 12.8 Å². The number of primary amides is 1. The number of hydrogen-bond acceptors (Lipinski definition) is 6. The molecule has 0 aliphatic carbocycles. The minimum atomic E-state index is -3.75. The molecule has 1 aliphatic heterocycles. The third-order valence-corrected chi connectivity index (χ3v) is 5.57. The fourth-order valence-corrected chi connectivity index (χ4v) is 3.68. The van der Waals surface area contributed by atoms with Gasteiger partial charge in [-0.25, -0.2) is 17.8 Å². The van der Waals surface area contributed by atoms with E-state index in [0.717, 1.165) is 6.20 Å². The predicted molar refractivity (Wildman–Crippen MR) is 84.0 cm³/mol. The van der Waals surface area contributed by atoms with Gasteiger partial charge >= 0.3 is 0 Å². The number of nitrogens with zero attached hydrogens (tertiary/aromatic N) is 2. The summed E-state index contributed by atoms with van der Waals surface area (Å²) in [6.07, 6.45) is 1.92. The van der Waals surface area contributed by atoms with Crippen molar-refractivity contribution >= 4 is 15.9 Å². The van der Waals surface area contributed by atoms with E-state index in [1.807, 2.05) is 0 Å². The van der Waals surface area contributed by atoms with Gasteiger partial charge < -0.3 is 16.2 Å². The van der Waals surface area contributed by atoms with Gasteiger partial charge in [0.25, 0.3) is 0 Å². The molecule has 132 valence electrons. The van der Waals surface area contributed by atoms with Crippen LogP contribution in [0.3, 0.4) is 0 Å². The second-order valence-electron chi connectivity index (χ2n) is 5.34. The second kappa shape index (κ2) is 7.69. The fraction of sp³-hybridized carbons (Fsp3) is 0.429. The molecule has 1 aromatic heterocycles. The van der Waals surface area contributed by atoms with Crippen LogP contribution in [0.5, 0.6) is 5.88 Å². The van der Waals surface area contributed by atoms with Crippen molar-refractivity contribution in [1.82, 2.24) is 9.29 Å². The number of aromatic nitrogens is 1. The lowest BCUT2D eigenvalue weighted by Gasteiger charge is -2.16. The third-order valence-electron chi connectivity index (χ3n) is 3.72. The molecule has 24 heavy (non-hydrogen) atoms. The normalized spacial score (nSPS) is 19.4. The monoisotopic (exact) mass is 358 g/mol. The molecule has 0 aromatic carbocycles. The predicted octanol–water partition coefficient (Wildman–Crippen LogP) is -0.232. The van der Waals surface area contributed by atoms with E-state index < -0.39 is 21.8 Å². The molecule has 0 saturated carbocycles. The van der Waals surface area contributed by atoms with Gasteiger partial charge in [0.05, 0.1) is 18.4 Å². The van der Waals surface area contributed by atoms with Crippen LogP contribution >= 0.6 is 0 Å². The zero-order valence-corrected chi connectivity index (χ0v) is 13.7. The van der Waals surface area contributed by atoms with Crippen molar-refractivity contribution in [2.24, 2.45) is 17.4 Å². The Morgan fingerprint density at radius 3 is 2.75 bits per heavy atom. The Hall–Kier alpha value is -2.04. The van der Waals surface area contributed by atoms with Crippen LogP contribution in [0.1, 0.15) is 6.42 Å². The molecule has 2 heterocycles. The van der Waals surface area contributed by atoms with Gasteiger partial charge in [0.15, 0.2) is 0 Å². The Labute approximate surface area is 139 Å². The molecule has 4 N–H and O–H groups in total. The summed E-state index contributed by atoms with van der Waals surface area (Å²) in [5, 5.41) is 0. The molecular formula is C14H19FN4O4S. The molecule has 0 radical (unpaired) electrons. The van der Waals surface area contributed by atoms with Crippen molar-refractivity contribution in [3.63, 3.8) is 0 Å². The number of carbonyl (C=O) groups is 1. The number of halogens is 1. The van der Waals surface area contributed by atoms with E-state index in [1.165, 1.54) is 16.4 Å². The highest BCUT2D eigenvalue weighted by Crippen LogP contribution is 2.24. The summed E-state index contributed by atoms with van der Waals surface area (Å²) in [7, 11) is -3.75. The molecule has 0 unspecified atom stereocenters. The smallest absolute Gasteiger partial charge is 0.244 e. The van der Waals surface area contributed by atoms with Crippen molar-refractivity contribution in [2.75, 3.05) is 26.2 Å². The quantitative estimate of drug-likeness (QED) is 0.693. The van der Waals surface area contributed by atoms with E-state index in [-0.39, 0.29) is 42.6 Å². The highest BCUT2D eigenvalue weighted by molar-refractivity contribution is 7.89. The van der Waals surface area contributed by atoms with E-state index in [9.17, 15) is 17.6 Å². The molecule has 0 bridgehead atoms. The first-order valence-corrected chi connectivity index (χ1v) is 8.69. The highest BCUT2D eigenvalue weighted by atomic mass is 32.2. The standard InChI is InChI=1S/C14H19FN4O4S/c15-5-10(6-16)9-23-13-2-1-12(7-18-13)24(21,22)19-4-3-11(8-19)14(17)20/h1-2,5,7,11H,3-4,6,8-9,16H2,(H2,17,20)/b10-5+/t11-/m0/s1. The number of ether oxygens (including phenoxy) is 1. The molecule has 1 aliphatic rings. The Balaban J connectivity index is 2.05. The van der Waals surface area contributed by atoms with Gasteiger partial charge in [-0.1, -0.05) is 0 Å². The van der Waals surface area contributed by atoms with Crippen molar-refractivity contribution in [3.05, 3.63) is 30.2 Å². The summed E-state index contributed by atoms with van der Waals surface area (Å²) in [5.74, 6) is -0.832. The Bertz CT molecular complexity index is 721. The van der Waals surface area contributed by atoms with E-state index >= 15 is 0 Å². The number of hydrogen-bond donors (Lipinski definition) is 2. The summed E-state index contributed by atoms with van der Waals surface area (Å²) < 4.78 is 43.8. The number of pyridine rings is 1. The topological polar surface area (TPSA) is 129 Å². The molecular weight excluding hydrogens is 339 g/mol. The molecule has 1 atom stereocenters. The zero-order valence-electron chi connectivity index (χ0n) is 12.9. The van der Waals surface area contributed by atoms with Gasteiger partial charge in [0.2, 0.25) is 21.8 Å². The van der Waals surface area contributed by atoms with Crippen molar-refractivity contribution in [3.8, 4) is 5.88 Å². The minimum Gasteiger partial charge on any atom is -0.473 e. The number of sulfonamides is 1. The van der Waals surface area contributed by atoms with Crippen LogP contribution in [0, 0.1) is 5.92 Å². The van der Waals surface area contributed by atoms with Gasteiger partial charge in [-0.3, -0.25) is 4.79 Å². The summed E-state index contributed by atoms with van der Waals surface area (Å²) in [4.78, 5) is 15.1. The molecule has 1 amide bonds. The lowest BCUT2D eigenvalue weighted by molar-refractivity contribution is -0.121. The highest BCUT2D eigenvalue weighted by Gasteiger charge is 2.35. The van der Waals surface area contributed by atoms with Crippen molar-refractivity contribution < 1.29 is 22.3 Å². The maximum atomic E-state index is 12.5. The lowest BCUT2D eigenvalue weighted by atomic mass is 10.1. The van der Waals surface area contributed by atoms with Crippen LogP contribution in [0.2, 0.25) is 0 Å². The van der Waals surface area contributed by atoms with Gasteiger partial charge in [-0.15, -0.1) is 0 Å². The van der Waals surface area contributed by atoms with Crippen LogP contribution in [0.15, 0.2) is 35.1 Å². The van der Waals surface area contributed by atoms with Gasteiger partial charge in [0, 0.05) is 31.3 Å². The van der Waals surface area contributed by atoms with Crippen LogP contribution in [0.25, 0.3) is 0 Å². The van der Waals surface area contributed by atoms with Crippen LogP contribution in [0.4, 0.5) is 4.39 Å². The van der Waals surface area contributed by atoms with Gasteiger partial charge in [-0.05, 0) is 12.5 Å². The van der Waals surface area contributed by atoms with Crippen LogP contribution in [-0.4, -0.2) is 49.9 Å². The minimum absolute atomic E-state index is 0.0128. The fourth-order valence-electron chi connectivity index (χ4n) is 2.23. The zero-order chi connectivity index (χ0) is 17.7.